The monoisotopic (exact) mass is 237 g/mol. The van der Waals surface area contributed by atoms with Crippen LogP contribution in [0.15, 0.2) is 12.3 Å². The third-order valence-electron chi connectivity index (χ3n) is 1.70. The maximum Gasteiger partial charge on any atom is 0.218 e. The summed E-state index contributed by atoms with van der Waals surface area (Å²) < 4.78 is 13.1. The Balaban J connectivity index is 2.99. The molecule has 2 atom stereocenters. The number of rotatable bonds is 3. The van der Waals surface area contributed by atoms with Gasteiger partial charge in [-0.15, -0.1) is 0 Å². The maximum atomic E-state index is 13.1. The summed E-state index contributed by atoms with van der Waals surface area (Å²) in [4.78, 5) is 3.32. The molecule has 2 unspecified atom stereocenters. The molecule has 0 saturated carbocycles. The SMILES string of the molecule is OC(CS)C(O)c1cc(Cl)cnc1F. The minimum absolute atomic E-state index is 0.0210. The molecule has 6 heteroatoms. The highest BCUT2D eigenvalue weighted by Crippen LogP contribution is 2.22. The number of halogens is 2. The molecule has 0 spiro atoms. The molecule has 0 saturated heterocycles. The highest BCUT2D eigenvalue weighted by molar-refractivity contribution is 7.80. The third kappa shape index (κ3) is 2.57. The van der Waals surface area contributed by atoms with Crippen LogP contribution in [0.25, 0.3) is 0 Å². The molecule has 0 aliphatic heterocycles. The summed E-state index contributed by atoms with van der Waals surface area (Å²) in [7, 11) is 0. The summed E-state index contributed by atoms with van der Waals surface area (Å²) in [6.07, 6.45) is -1.38. The van der Waals surface area contributed by atoms with Gasteiger partial charge in [-0.2, -0.15) is 17.0 Å². The summed E-state index contributed by atoms with van der Waals surface area (Å²) in [5, 5.41) is 18.9. The predicted octanol–water partition coefficient (Wildman–Crippen LogP) is 1.20. The Hall–Kier alpha value is -0.360. The fourth-order valence-corrected chi connectivity index (χ4v) is 1.32. The van der Waals surface area contributed by atoms with E-state index in [-0.39, 0.29) is 16.3 Å². The first-order valence-electron chi connectivity index (χ1n) is 3.84. The van der Waals surface area contributed by atoms with Gasteiger partial charge in [0.05, 0.1) is 11.1 Å². The lowest BCUT2D eigenvalue weighted by atomic mass is 10.1. The van der Waals surface area contributed by atoms with E-state index in [1.54, 1.807) is 0 Å². The molecule has 0 bridgehead atoms. The van der Waals surface area contributed by atoms with Gasteiger partial charge < -0.3 is 10.2 Å². The van der Waals surface area contributed by atoms with Gasteiger partial charge in [0.1, 0.15) is 6.10 Å². The van der Waals surface area contributed by atoms with Gasteiger partial charge in [0, 0.05) is 17.5 Å². The number of aromatic nitrogens is 1. The smallest absolute Gasteiger partial charge is 0.218 e. The van der Waals surface area contributed by atoms with Crippen molar-refractivity contribution in [3.05, 3.63) is 28.8 Å². The normalized spacial score (nSPS) is 15.2. The molecule has 0 radical (unpaired) electrons. The van der Waals surface area contributed by atoms with Crippen LogP contribution in [-0.4, -0.2) is 27.1 Å². The molecule has 0 aliphatic carbocycles. The molecular weight excluding hydrogens is 229 g/mol. The van der Waals surface area contributed by atoms with Crippen molar-refractivity contribution >= 4 is 24.2 Å². The van der Waals surface area contributed by atoms with E-state index in [0.29, 0.717) is 0 Å². The van der Waals surface area contributed by atoms with Crippen molar-refractivity contribution in [3.8, 4) is 0 Å². The fraction of sp³-hybridized carbons (Fsp3) is 0.375. The van der Waals surface area contributed by atoms with E-state index in [1.807, 2.05) is 0 Å². The third-order valence-corrected chi connectivity index (χ3v) is 2.28. The molecule has 0 aliphatic rings. The van der Waals surface area contributed by atoms with Crippen LogP contribution >= 0.6 is 24.2 Å². The Bertz CT molecular complexity index is 326. The van der Waals surface area contributed by atoms with Crippen LogP contribution in [0.1, 0.15) is 11.7 Å². The second-order valence-electron chi connectivity index (χ2n) is 2.73. The van der Waals surface area contributed by atoms with E-state index < -0.39 is 18.2 Å². The van der Waals surface area contributed by atoms with Gasteiger partial charge in [-0.05, 0) is 6.07 Å². The van der Waals surface area contributed by atoms with E-state index in [4.69, 9.17) is 11.6 Å². The lowest BCUT2D eigenvalue weighted by Gasteiger charge is -2.16. The van der Waals surface area contributed by atoms with Crippen molar-refractivity contribution in [3.63, 3.8) is 0 Å². The largest absolute Gasteiger partial charge is 0.389 e. The first kappa shape index (κ1) is 11.7. The molecule has 0 fully saturated rings. The minimum atomic E-state index is -1.36. The van der Waals surface area contributed by atoms with Gasteiger partial charge in [-0.25, -0.2) is 4.98 Å². The second kappa shape index (κ2) is 4.93. The Labute approximate surface area is 91.0 Å². The summed E-state index contributed by atoms with van der Waals surface area (Å²) in [6.45, 7) is 0. The van der Waals surface area contributed by atoms with Crippen molar-refractivity contribution in [1.82, 2.24) is 4.98 Å². The van der Waals surface area contributed by atoms with Crippen LogP contribution in [-0.2, 0) is 0 Å². The van der Waals surface area contributed by atoms with Gasteiger partial charge >= 0.3 is 0 Å². The molecule has 0 aromatic carbocycles. The number of thiol groups is 1. The molecule has 1 aromatic rings. The maximum absolute atomic E-state index is 13.1. The number of aliphatic hydroxyl groups is 2. The number of hydrogen-bond acceptors (Lipinski definition) is 4. The van der Waals surface area contributed by atoms with Crippen LogP contribution in [0.4, 0.5) is 4.39 Å². The number of nitrogens with zero attached hydrogens (tertiary/aromatic N) is 1. The Kier molecular flexibility index (Phi) is 4.12. The summed E-state index contributed by atoms with van der Waals surface area (Å²) in [6, 6.07) is 1.22. The van der Waals surface area contributed by atoms with Crippen molar-refractivity contribution in [2.75, 3.05) is 5.75 Å². The van der Waals surface area contributed by atoms with Gasteiger partial charge in [-0.1, -0.05) is 11.6 Å². The van der Waals surface area contributed by atoms with Gasteiger partial charge in [-0.3, -0.25) is 0 Å². The fourth-order valence-electron chi connectivity index (χ4n) is 0.953. The van der Waals surface area contributed by atoms with E-state index in [2.05, 4.69) is 17.6 Å². The highest BCUT2D eigenvalue weighted by Gasteiger charge is 2.21. The van der Waals surface area contributed by atoms with Crippen LogP contribution in [0.3, 0.4) is 0 Å². The van der Waals surface area contributed by atoms with Crippen molar-refractivity contribution in [2.45, 2.75) is 12.2 Å². The van der Waals surface area contributed by atoms with Gasteiger partial charge in [0.15, 0.2) is 0 Å². The lowest BCUT2D eigenvalue weighted by Crippen LogP contribution is -2.21. The van der Waals surface area contributed by atoms with E-state index in [1.165, 1.54) is 6.07 Å². The quantitative estimate of drug-likeness (QED) is 0.547. The molecule has 3 nitrogen and oxygen atoms in total. The van der Waals surface area contributed by atoms with Crippen molar-refractivity contribution in [1.29, 1.82) is 0 Å². The van der Waals surface area contributed by atoms with Gasteiger partial charge in [0.2, 0.25) is 5.95 Å². The summed E-state index contributed by atoms with van der Waals surface area (Å²) in [5.74, 6) is -0.824. The van der Waals surface area contributed by atoms with E-state index in [0.717, 1.165) is 6.20 Å². The van der Waals surface area contributed by atoms with Crippen molar-refractivity contribution in [2.24, 2.45) is 0 Å². The molecule has 78 valence electrons. The molecule has 14 heavy (non-hydrogen) atoms. The second-order valence-corrected chi connectivity index (χ2v) is 3.53. The zero-order valence-corrected chi connectivity index (χ0v) is 8.71. The Morgan fingerprint density at radius 2 is 2.21 bits per heavy atom. The zero-order chi connectivity index (χ0) is 10.7. The lowest BCUT2D eigenvalue weighted by molar-refractivity contribution is 0.0310. The summed E-state index contributed by atoms with van der Waals surface area (Å²) >= 11 is 9.35. The molecule has 2 N–H and O–H groups in total. The Morgan fingerprint density at radius 3 is 2.79 bits per heavy atom. The van der Waals surface area contributed by atoms with Crippen LogP contribution < -0.4 is 0 Å². The average Bonchev–Trinajstić information content (AvgIpc) is 2.19. The number of hydrogen-bond donors (Lipinski definition) is 3. The van der Waals surface area contributed by atoms with Crippen LogP contribution in [0, 0.1) is 5.95 Å². The highest BCUT2D eigenvalue weighted by atomic mass is 35.5. The van der Waals surface area contributed by atoms with Crippen LogP contribution in [0.5, 0.6) is 0 Å². The molecule has 0 amide bonds. The summed E-state index contributed by atoms with van der Waals surface area (Å²) in [5.41, 5.74) is -0.126. The standard InChI is InChI=1S/C8H9ClFNO2S/c9-4-1-5(8(10)11-2-4)7(13)6(12)3-14/h1-2,6-7,12-14H,3H2. The first-order valence-corrected chi connectivity index (χ1v) is 4.85. The number of aliphatic hydroxyl groups excluding tert-OH is 2. The average molecular weight is 238 g/mol. The molecule has 1 rings (SSSR count). The van der Waals surface area contributed by atoms with E-state index >= 15 is 0 Å². The number of pyridine rings is 1. The van der Waals surface area contributed by atoms with E-state index in [9.17, 15) is 14.6 Å². The van der Waals surface area contributed by atoms with Gasteiger partial charge in [0.25, 0.3) is 0 Å². The van der Waals surface area contributed by atoms with Crippen LogP contribution in [0.2, 0.25) is 5.02 Å². The minimum Gasteiger partial charge on any atom is -0.389 e. The predicted molar refractivity (Wildman–Crippen MR) is 54.0 cm³/mol. The molecule has 1 aromatic heterocycles. The first-order chi connectivity index (χ1) is 6.56. The zero-order valence-electron chi connectivity index (χ0n) is 7.06. The van der Waals surface area contributed by atoms with Crippen molar-refractivity contribution < 1.29 is 14.6 Å². The topological polar surface area (TPSA) is 53.4 Å². The Morgan fingerprint density at radius 1 is 1.57 bits per heavy atom. The molecular formula is C8H9ClFNO2S. The molecule has 1 heterocycles.